The number of halogens is 1. The standard InChI is InChI=1S/C18H17FN2O2S2/c1-20-12-13-4-9-16(18-3-2-10-24-18)17(11-13)21-25(22,23)15-7-5-14(19)6-8-15/h2-11,20-21H,12H2,1H3. The van der Waals surface area contributed by atoms with Crippen LogP contribution in [0.5, 0.6) is 0 Å². The number of thiophene rings is 1. The molecule has 0 amide bonds. The first-order chi connectivity index (χ1) is 12.0. The van der Waals surface area contributed by atoms with Crippen LogP contribution >= 0.6 is 11.3 Å². The predicted octanol–water partition coefficient (Wildman–Crippen LogP) is 4.07. The number of hydrogen-bond donors (Lipinski definition) is 2. The van der Waals surface area contributed by atoms with Gasteiger partial charge in [-0.05, 0) is 54.4 Å². The van der Waals surface area contributed by atoms with Crippen LogP contribution in [-0.4, -0.2) is 15.5 Å². The molecule has 0 spiro atoms. The van der Waals surface area contributed by atoms with Crippen LogP contribution < -0.4 is 10.0 Å². The van der Waals surface area contributed by atoms with Gasteiger partial charge in [-0.25, -0.2) is 12.8 Å². The molecule has 4 nitrogen and oxygen atoms in total. The van der Waals surface area contributed by atoms with Gasteiger partial charge in [0.25, 0.3) is 10.0 Å². The van der Waals surface area contributed by atoms with Crippen molar-refractivity contribution in [1.29, 1.82) is 0 Å². The summed E-state index contributed by atoms with van der Waals surface area (Å²) in [6.45, 7) is 0.621. The molecule has 0 radical (unpaired) electrons. The normalized spacial score (nSPS) is 11.4. The fourth-order valence-electron chi connectivity index (χ4n) is 2.45. The lowest BCUT2D eigenvalue weighted by atomic mass is 10.1. The van der Waals surface area contributed by atoms with Gasteiger partial charge in [-0.2, -0.15) is 0 Å². The van der Waals surface area contributed by atoms with Crippen molar-refractivity contribution in [2.45, 2.75) is 11.4 Å². The molecule has 0 saturated carbocycles. The Labute approximate surface area is 150 Å². The summed E-state index contributed by atoms with van der Waals surface area (Å²) in [4.78, 5) is 0.984. The van der Waals surface area contributed by atoms with Crippen LogP contribution in [0.15, 0.2) is 64.9 Å². The summed E-state index contributed by atoms with van der Waals surface area (Å²) >= 11 is 1.53. The second-order valence-corrected chi connectivity index (χ2v) is 8.08. The minimum Gasteiger partial charge on any atom is -0.316 e. The summed E-state index contributed by atoms with van der Waals surface area (Å²) in [6, 6.07) is 14.3. The van der Waals surface area contributed by atoms with Crippen molar-refractivity contribution >= 4 is 27.0 Å². The summed E-state index contributed by atoms with van der Waals surface area (Å²) in [5, 5.41) is 4.99. The quantitative estimate of drug-likeness (QED) is 0.682. The van der Waals surface area contributed by atoms with Crippen LogP contribution in [0.4, 0.5) is 10.1 Å². The van der Waals surface area contributed by atoms with Crippen LogP contribution in [0.25, 0.3) is 10.4 Å². The lowest BCUT2D eigenvalue weighted by molar-refractivity contribution is 0.599. The molecule has 0 aliphatic rings. The van der Waals surface area contributed by atoms with Crippen molar-refractivity contribution in [2.75, 3.05) is 11.8 Å². The Bertz CT molecular complexity index is 953. The zero-order chi connectivity index (χ0) is 17.9. The van der Waals surface area contributed by atoms with Gasteiger partial charge in [-0.15, -0.1) is 11.3 Å². The molecule has 25 heavy (non-hydrogen) atoms. The summed E-state index contributed by atoms with van der Waals surface area (Å²) in [6.07, 6.45) is 0. The Morgan fingerprint density at radius 2 is 1.84 bits per heavy atom. The van der Waals surface area contributed by atoms with E-state index in [9.17, 15) is 12.8 Å². The highest BCUT2D eigenvalue weighted by molar-refractivity contribution is 7.92. The maximum absolute atomic E-state index is 13.1. The van der Waals surface area contributed by atoms with E-state index in [1.807, 2.05) is 42.8 Å². The van der Waals surface area contributed by atoms with E-state index in [-0.39, 0.29) is 4.90 Å². The molecule has 0 aliphatic carbocycles. The monoisotopic (exact) mass is 376 g/mol. The number of sulfonamides is 1. The molecule has 0 unspecified atom stereocenters. The molecule has 3 aromatic rings. The smallest absolute Gasteiger partial charge is 0.261 e. The largest absolute Gasteiger partial charge is 0.316 e. The molecule has 0 aliphatic heterocycles. The molecule has 2 N–H and O–H groups in total. The Hall–Kier alpha value is -2.22. The fraction of sp³-hybridized carbons (Fsp3) is 0.111. The highest BCUT2D eigenvalue weighted by Gasteiger charge is 2.17. The van der Waals surface area contributed by atoms with Crippen LogP contribution in [-0.2, 0) is 16.6 Å². The molecule has 3 rings (SSSR count). The van der Waals surface area contributed by atoms with Crippen LogP contribution in [0.2, 0.25) is 0 Å². The average molecular weight is 376 g/mol. The van der Waals surface area contributed by atoms with E-state index in [1.54, 1.807) is 0 Å². The van der Waals surface area contributed by atoms with Gasteiger partial charge in [0.15, 0.2) is 0 Å². The van der Waals surface area contributed by atoms with Crippen molar-refractivity contribution in [1.82, 2.24) is 5.32 Å². The fourth-order valence-corrected chi connectivity index (χ4v) is 4.29. The van der Waals surface area contributed by atoms with Gasteiger partial charge in [-0.1, -0.05) is 18.2 Å². The van der Waals surface area contributed by atoms with Crippen molar-refractivity contribution < 1.29 is 12.8 Å². The summed E-state index contributed by atoms with van der Waals surface area (Å²) < 4.78 is 41.0. The molecular weight excluding hydrogens is 359 g/mol. The second-order valence-electron chi connectivity index (χ2n) is 5.45. The highest BCUT2D eigenvalue weighted by Crippen LogP contribution is 2.33. The van der Waals surface area contributed by atoms with E-state index in [0.29, 0.717) is 12.2 Å². The van der Waals surface area contributed by atoms with Crippen molar-refractivity contribution in [3.63, 3.8) is 0 Å². The lowest BCUT2D eigenvalue weighted by Gasteiger charge is -2.14. The van der Waals surface area contributed by atoms with Crippen molar-refractivity contribution in [2.24, 2.45) is 0 Å². The van der Waals surface area contributed by atoms with Gasteiger partial charge in [0.05, 0.1) is 10.6 Å². The Balaban J connectivity index is 2.02. The molecule has 0 atom stereocenters. The van der Waals surface area contributed by atoms with E-state index in [1.165, 1.54) is 23.5 Å². The van der Waals surface area contributed by atoms with E-state index >= 15 is 0 Å². The molecule has 2 aromatic carbocycles. The zero-order valence-corrected chi connectivity index (χ0v) is 15.1. The molecular formula is C18H17FN2O2S2. The van der Waals surface area contributed by atoms with Crippen LogP contribution in [0.3, 0.4) is 0 Å². The topological polar surface area (TPSA) is 58.2 Å². The third-order valence-electron chi connectivity index (χ3n) is 3.62. The van der Waals surface area contributed by atoms with Gasteiger partial charge < -0.3 is 5.32 Å². The first-order valence-corrected chi connectivity index (χ1v) is 9.96. The summed E-state index contributed by atoms with van der Waals surface area (Å²) in [5.74, 6) is -0.478. The number of anilines is 1. The Kier molecular flexibility index (Phi) is 5.17. The van der Waals surface area contributed by atoms with E-state index in [2.05, 4.69) is 10.0 Å². The number of hydrogen-bond acceptors (Lipinski definition) is 4. The van der Waals surface area contributed by atoms with E-state index in [0.717, 1.165) is 28.1 Å². The SMILES string of the molecule is CNCc1ccc(-c2cccs2)c(NS(=O)(=O)c2ccc(F)cc2)c1. The average Bonchev–Trinajstić information content (AvgIpc) is 3.10. The maximum atomic E-state index is 13.1. The molecule has 0 saturated heterocycles. The van der Waals surface area contributed by atoms with Crippen LogP contribution in [0, 0.1) is 5.82 Å². The molecule has 7 heteroatoms. The molecule has 0 fully saturated rings. The highest BCUT2D eigenvalue weighted by atomic mass is 32.2. The van der Waals surface area contributed by atoms with Crippen LogP contribution in [0.1, 0.15) is 5.56 Å². The lowest BCUT2D eigenvalue weighted by Crippen LogP contribution is -2.14. The summed E-state index contributed by atoms with van der Waals surface area (Å²) in [7, 11) is -1.98. The predicted molar refractivity (Wildman–Crippen MR) is 99.7 cm³/mol. The third-order valence-corrected chi connectivity index (χ3v) is 5.90. The molecule has 0 bridgehead atoms. The Morgan fingerprint density at radius 1 is 1.08 bits per heavy atom. The van der Waals surface area contributed by atoms with Gasteiger partial charge in [0.1, 0.15) is 5.82 Å². The second kappa shape index (κ2) is 7.35. The van der Waals surface area contributed by atoms with Crippen molar-refractivity contribution in [3.8, 4) is 10.4 Å². The molecule has 130 valence electrons. The minimum atomic E-state index is -3.81. The first kappa shape index (κ1) is 17.6. The maximum Gasteiger partial charge on any atom is 0.261 e. The zero-order valence-electron chi connectivity index (χ0n) is 13.5. The van der Waals surface area contributed by atoms with Gasteiger partial charge >= 0.3 is 0 Å². The number of rotatable bonds is 6. The molecule has 1 heterocycles. The van der Waals surface area contributed by atoms with E-state index < -0.39 is 15.8 Å². The third kappa shape index (κ3) is 4.07. The Morgan fingerprint density at radius 3 is 2.48 bits per heavy atom. The van der Waals surface area contributed by atoms with Gasteiger partial charge in [0, 0.05) is 17.0 Å². The molecule has 1 aromatic heterocycles. The van der Waals surface area contributed by atoms with E-state index in [4.69, 9.17) is 0 Å². The summed E-state index contributed by atoms with van der Waals surface area (Å²) in [5.41, 5.74) is 2.26. The van der Waals surface area contributed by atoms with Gasteiger partial charge in [-0.3, -0.25) is 4.72 Å². The first-order valence-electron chi connectivity index (χ1n) is 7.59. The minimum absolute atomic E-state index is 0.0186. The number of benzene rings is 2. The van der Waals surface area contributed by atoms with Crippen molar-refractivity contribution in [3.05, 3.63) is 71.4 Å². The number of nitrogens with one attached hydrogen (secondary N) is 2. The van der Waals surface area contributed by atoms with Gasteiger partial charge in [0.2, 0.25) is 0 Å².